The molecule has 10 heteroatoms. The lowest BCUT2D eigenvalue weighted by atomic mass is 10.1. The molecule has 1 aliphatic heterocycles. The predicted octanol–water partition coefficient (Wildman–Crippen LogP) is 2.10. The molecule has 2 heterocycles. The van der Waals surface area contributed by atoms with Gasteiger partial charge in [-0.15, -0.1) is 0 Å². The fourth-order valence-electron chi connectivity index (χ4n) is 3.35. The molecule has 0 saturated heterocycles. The highest BCUT2D eigenvalue weighted by Crippen LogP contribution is 2.35. The summed E-state index contributed by atoms with van der Waals surface area (Å²) in [4.78, 5) is 22.4. The summed E-state index contributed by atoms with van der Waals surface area (Å²) in [5.74, 6) is -0.248. The third-order valence-corrected chi connectivity index (χ3v) is 4.82. The largest absolute Gasteiger partial charge is 0.371 e. The SMILES string of the molecule is CCN1CCc2c(Nc3nc(NC[C@@H](N)CC(F)F)ncc3C(N)=O)cccc21. The Labute approximate surface area is 167 Å². The molecule has 1 aromatic carbocycles. The summed E-state index contributed by atoms with van der Waals surface area (Å²) < 4.78 is 24.8. The molecule has 2 aromatic rings. The van der Waals surface area contributed by atoms with E-state index in [2.05, 4.69) is 38.5 Å². The maximum absolute atomic E-state index is 12.4. The van der Waals surface area contributed by atoms with Gasteiger partial charge in [0.15, 0.2) is 0 Å². The average molecular weight is 405 g/mol. The number of primary amides is 1. The first-order valence-electron chi connectivity index (χ1n) is 9.47. The van der Waals surface area contributed by atoms with Crippen molar-refractivity contribution in [2.45, 2.75) is 32.2 Å². The Morgan fingerprint density at radius 3 is 2.86 bits per heavy atom. The molecule has 1 amide bonds. The van der Waals surface area contributed by atoms with Crippen LogP contribution in [0.4, 0.5) is 31.9 Å². The van der Waals surface area contributed by atoms with Gasteiger partial charge in [0.25, 0.3) is 5.91 Å². The summed E-state index contributed by atoms with van der Waals surface area (Å²) in [7, 11) is 0. The molecule has 156 valence electrons. The second-order valence-corrected chi connectivity index (χ2v) is 6.85. The van der Waals surface area contributed by atoms with Crippen LogP contribution in [0.25, 0.3) is 0 Å². The van der Waals surface area contributed by atoms with Crippen LogP contribution in [-0.4, -0.2) is 48.0 Å². The lowest BCUT2D eigenvalue weighted by Crippen LogP contribution is -2.31. The van der Waals surface area contributed by atoms with Gasteiger partial charge in [-0.1, -0.05) is 6.07 Å². The summed E-state index contributed by atoms with van der Waals surface area (Å²) in [6, 6.07) is 5.16. The molecule has 0 bridgehead atoms. The van der Waals surface area contributed by atoms with E-state index in [1.807, 2.05) is 12.1 Å². The number of rotatable bonds is 9. The molecular weight excluding hydrogens is 380 g/mol. The van der Waals surface area contributed by atoms with E-state index in [1.165, 1.54) is 6.20 Å². The van der Waals surface area contributed by atoms with Gasteiger partial charge in [-0.2, -0.15) is 4.98 Å². The lowest BCUT2D eigenvalue weighted by molar-refractivity contribution is 0.100. The van der Waals surface area contributed by atoms with Gasteiger partial charge in [0.05, 0.1) is 0 Å². The van der Waals surface area contributed by atoms with Gasteiger partial charge in [0.2, 0.25) is 12.4 Å². The molecule has 1 atom stereocenters. The molecule has 0 spiro atoms. The van der Waals surface area contributed by atoms with Crippen molar-refractivity contribution in [1.29, 1.82) is 0 Å². The molecule has 1 aromatic heterocycles. The number of hydrogen-bond acceptors (Lipinski definition) is 7. The zero-order valence-corrected chi connectivity index (χ0v) is 16.2. The van der Waals surface area contributed by atoms with Crippen LogP contribution >= 0.6 is 0 Å². The van der Waals surface area contributed by atoms with Gasteiger partial charge in [0.1, 0.15) is 11.4 Å². The summed E-state index contributed by atoms with van der Waals surface area (Å²) in [5, 5.41) is 6.02. The zero-order chi connectivity index (χ0) is 21.0. The number of hydrogen-bond donors (Lipinski definition) is 4. The van der Waals surface area contributed by atoms with Gasteiger partial charge in [-0.25, -0.2) is 13.8 Å². The van der Waals surface area contributed by atoms with Crippen LogP contribution in [-0.2, 0) is 6.42 Å². The number of aromatic nitrogens is 2. The fraction of sp³-hybridized carbons (Fsp3) is 0.421. The number of benzene rings is 1. The van der Waals surface area contributed by atoms with Crippen LogP contribution < -0.4 is 27.0 Å². The molecule has 0 aliphatic carbocycles. The second-order valence-electron chi connectivity index (χ2n) is 6.85. The molecule has 1 aliphatic rings. The van der Waals surface area contributed by atoms with Gasteiger partial charge in [0, 0.05) is 55.2 Å². The Morgan fingerprint density at radius 2 is 2.17 bits per heavy atom. The minimum absolute atomic E-state index is 0.0753. The highest BCUT2D eigenvalue weighted by molar-refractivity contribution is 5.98. The molecule has 8 nitrogen and oxygen atoms in total. The molecular formula is C19H25F2N7O. The third kappa shape index (κ3) is 4.89. The topological polar surface area (TPSA) is 122 Å². The quantitative estimate of drug-likeness (QED) is 0.504. The van der Waals surface area contributed by atoms with Crippen molar-refractivity contribution in [2.24, 2.45) is 11.5 Å². The van der Waals surface area contributed by atoms with Crippen LogP contribution in [0.5, 0.6) is 0 Å². The van der Waals surface area contributed by atoms with E-state index in [0.29, 0.717) is 0 Å². The van der Waals surface area contributed by atoms with Crippen LogP contribution in [0, 0.1) is 0 Å². The minimum atomic E-state index is -2.48. The van der Waals surface area contributed by atoms with Crippen molar-refractivity contribution in [3.63, 3.8) is 0 Å². The Kier molecular flexibility index (Phi) is 6.42. The summed E-state index contributed by atoms with van der Waals surface area (Å²) in [6.07, 6.45) is -0.733. The number of fused-ring (bicyclic) bond motifs is 1. The number of nitrogens with two attached hydrogens (primary N) is 2. The maximum atomic E-state index is 12.4. The van der Waals surface area contributed by atoms with E-state index < -0.39 is 24.8 Å². The molecule has 6 N–H and O–H groups in total. The van der Waals surface area contributed by atoms with E-state index in [0.717, 1.165) is 36.4 Å². The first-order valence-corrected chi connectivity index (χ1v) is 9.47. The number of carbonyl (C=O) groups is 1. The average Bonchev–Trinajstić information content (AvgIpc) is 3.10. The normalized spacial score (nSPS) is 14.0. The smallest absolute Gasteiger partial charge is 0.254 e. The van der Waals surface area contributed by atoms with Crippen LogP contribution in [0.15, 0.2) is 24.4 Å². The molecule has 0 saturated carbocycles. The first kappa shape index (κ1) is 20.7. The molecule has 0 unspecified atom stereocenters. The van der Waals surface area contributed by atoms with E-state index in [1.54, 1.807) is 0 Å². The number of nitrogens with one attached hydrogen (secondary N) is 2. The van der Waals surface area contributed by atoms with Crippen molar-refractivity contribution in [3.8, 4) is 0 Å². The van der Waals surface area contributed by atoms with Crippen LogP contribution in [0.1, 0.15) is 29.3 Å². The van der Waals surface area contributed by atoms with E-state index >= 15 is 0 Å². The standard InChI is InChI=1S/C19H25F2N7O/c1-2-28-7-6-12-14(4-3-5-15(12)28)26-18-13(17(23)29)10-25-19(27-18)24-9-11(22)8-16(20)21/h3-5,10-11,16H,2,6-9,22H2,1H3,(H2,23,29)(H2,24,25,26,27)/t11-/m0/s1. The Balaban J connectivity index is 1.83. The van der Waals surface area contributed by atoms with E-state index in [-0.39, 0.29) is 23.9 Å². The summed E-state index contributed by atoms with van der Waals surface area (Å²) in [6.45, 7) is 4.00. The van der Waals surface area contributed by atoms with Crippen molar-refractivity contribution in [2.75, 3.05) is 35.2 Å². The minimum Gasteiger partial charge on any atom is -0.371 e. The number of halogens is 2. The van der Waals surface area contributed by atoms with Crippen molar-refractivity contribution < 1.29 is 13.6 Å². The van der Waals surface area contributed by atoms with Gasteiger partial charge in [-0.05, 0) is 25.5 Å². The number of alkyl halides is 2. The Hall–Kier alpha value is -3.01. The predicted molar refractivity (Wildman–Crippen MR) is 109 cm³/mol. The van der Waals surface area contributed by atoms with Gasteiger partial charge in [-0.3, -0.25) is 4.79 Å². The number of likely N-dealkylation sites (N-methyl/N-ethyl adjacent to an activating group) is 1. The number of anilines is 4. The second kappa shape index (κ2) is 8.99. The number of carbonyl (C=O) groups excluding carboxylic acids is 1. The van der Waals surface area contributed by atoms with Crippen molar-refractivity contribution in [1.82, 2.24) is 9.97 Å². The maximum Gasteiger partial charge on any atom is 0.254 e. The van der Waals surface area contributed by atoms with E-state index in [9.17, 15) is 13.6 Å². The summed E-state index contributed by atoms with van der Waals surface area (Å²) in [5.41, 5.74) is 14.4. The van der Waals surface area contributed by atoms with E-state index in [4.69, 9.17) is 11.5 Å². The fourth-order valence-corrected chi connectivity index (χ4v) is 3.35. The highest BCUT2D eigenvalue weighted by Gasteiger charge is 2.22. The zero-order valence-electron chi connectivity index (χ0n) is 16.2. The number of amides is 1. The Bertz CT molecular complexity index is 878. The summed E-state index contributed by atoms with van der Waals surface area (Å²) >= 11 is 0. The first-order chi connectivity index (χ1) is 13.9. The molecule has 3 rings (SSSR count). The monoisotopic (exact) mass is 405 g/mol. The van der Waals surface area contributed by atoms with Gasteiger partial charge < -0.3 is 27.0 Å². The lowest BCUT2D eigenvalue weighted by Gasteiger charge is -2.18. The molecule has 0 radical (unpaired) electrons. The molecule has 0 fully saturated rings. The van der Waals surface area contributed by atoms with Crippen molar-refractivity contribution in [3.05, 3.63) is 35.5 Å². The van der Waals surface area contributed by atoms with Crippen LogP contribution in [0.2, 0.25) is 0 Å². The van der Waals surface area contributed by atoms with Gasteiger partial charge >= 0.3 is 0 Å². The number of nitrogens with zero attached hydrogens (tertiary/aromatic N) is 3. The third-order valence-electron chi connectivity index (χ3n) is 4.82. The van der Waals surface area contributed by atoms with Crippen LogP contribution in [0.3, 0.4) is 0 Å². The van der Waals surface area contributed by atoms with Crippen molar-refractivity contribution >= 4 is 29.0 Å². The Morgan fingerprint density at radius 1 is 1.38 bits per heavy atom. The molecule has 29 heavy (non-hydrogen) atoms. The highest BCUT2D eigenvalue weighted by atomic mass is 19.3.